The molecule has 0 radical (unpaired) electrons. The molecule has 0 amide bonds. The van der Waals surface area contributed by atoms with Crippen LogP contribution < -0.4 is 0 Å². The number of carbonyl (C=O) groups is 3. The van der Waals surface area contributed by atoms with Gasteiger partial charge in [-0.2, -0.15) is 0 Å². The SMILES string of the molecule is CCCCC(CC)Cn1c2ccc(C(=O)CCC(=O)OCC)cc2c2cc(C(=O)c3ccc(-n4c5ccccc5c5ccccc54)cc3)c3ccccc3c21. The van der Waals surface area contributed by atoms with Crippen LogP contribution >= 0.6 is 0 Å². The Hall–Kier alpha value is -6.01. The van der Waals surface area contributed by atoms with Gasteiger partial charge in [-0.05, 0) is 85.3 Å². The summed E-state index contributed by atoms with van der Waals surface area (Å²) in [6.07, 6.45) is 4.64. The summed E-state index contributed by atoms with van der Waals surface area (Å²) >= 11 is 0. The third kappa shape index (κ3) is 6.60. The molecule has 6 aromatic carbocycles. The topological polar surface area (TPSA) is 70.3 Å². The Morgan fingerprint density at radius 3 is 1.91 bits per heavy atom. The van der Waals surface area contributed by atoms with Gasteiger partial charge >= 0.3 is 5.97 Å². The first kappa shape index (κ1) is 36.0. The van der Waals surface area contributed by atoms with Crippen LogP contribution in [-0.4, -0.2) is 33.3 Å². The number of fused-ring (bicyclic) bond motifs is 8. The lowest BCUT2D eigenvalue weighted by atomic mass is 9.94. The van der Waals surface area contributed by atoms with E-state index >= 15 is 0 Å². The second-order valence-electron chi connectivity index (χ2n) is 14.6. The maximum absolute atomic E-state index is 14.7. The molecule has 0 bridgehead atoms. The maximum Gasteiger partial charge on any atom is 0.306 e. The van der Waals surface area contributed by atoms with E-state index in [0.29, 0.717) is 22.6 Å². The molecule has 6 heteroatoms. The Morgan fingerprint density at radius 1 is 0.618 bits per heavy atom. The van der Waals surface area contributed by atoms with Crippen molar-refractivity contribution in [3.8, 4) is 5.69 Å². The van der Waals surface area contributed by atoms with Crippen molar-refractivity contribution in [2.24, 2.45) is 5.92 Å². The number of ketones is 2. The van der Waals surface area contributed by atoms with Crippen LogP contribution in [0.25, 0.3) is 60.1 Å². The van der Waals surface area contributed by atoms with Crippen LogP contribution in [0.15, 0.2) is 121 Å². The second-order valence-corrected chi connectivity index (χ2v) is 14.6. The van der Waals surface area contributed by atoms with Gasteiger partial charge in [0.05, 0.1) is 29.6 Å². The number of ether oxygens (including phenoxy) is 1. The van der Waals surface area contributed by atoms with Gasteiger partial charge in [0.2, 0.25) is 0 Å². The lowest BCUT2D eigenvalue weighted by molar-refractivity contribution is -0.143. The molecule has 276 valence electrons. The Kier molecular flexibility index (Phi) is 10.1. The Bertz CT molecular complexity index is 2680. The van der Waals surface area contributed by atoms with Gasteiger partial charge in [-0.25, -0.2) is 0 Å². The van der Waals surface area contributed by atoms with Crippen molar-refractivity contribution in [3.05, 3.63) is 138 Å². The van der Waals surface area contributed by atoms with E-state index in [-0.39, 0.29) is 37.0 Å². The van der Waals surface area contributed by atoms with Crippen LogP contribution in [0.3, 0.4) is 0 Å². The quantitative estimate of drug-likeness (QED) is 0.0826. The average molecular weight is 727 g/mol. The van der Waals surface area contributed by atoms with Crippen molar-refractivity contribution in [3.63, 3.8) is 0 Å². The standard InChI is InChI=1S/C49H46N2O4/c1-4-7-14-32(5-2)31-50-43-26-23-34(46(52)27-28-47(53)55-6-3)29-40(43)41-30-42(36-15-8-9-18-39(36)48(41)50)49(54)33-21-24-35(25-22-33)51-44-19-12-10-16-37(44)38-17-11-13-20-45(38)51/h8-13,15-26,29-30,32H,4-7,14,27-28,31H2,1-3H3. The second kappa shape index (κ2) is 15.4. The molecule has 0 spiro atoms. The number of Topliss-reactive ketones (excluding diaryl/α,β-unsaturated/α-hetero) is 1. The highest BCUT2D eigenvalue weighted by Gasteiger charge is 2.23. The van der Waals surface area contributed by atoms with E-state index in [0.717, 1.165) is 75.1 Å². The number of benzene rings is 6. The molecule has 0 aliphatic rings. The molecular weight excluding hydrogens is 681 g/mol. The number of rotatable bonds is 14. The fraction of sp³-hybridized carbons (Fsp3) is 0.245. The molecule has 1 atom stereocenters. The van der Waals surface area contributed by atoms with Crippen LogP contribution in [0.4, 0.5) is 0 Å². The van der Waals surface area contributed by atoms with Gasteiger partial charge in [-0.3, -0.25) is 14.4 Å². The molecule has 2 heterocycles. The van der Waals surface area contributed by atoms with Gasteiger partial charge in [0.15, 0.2) is 11.6 Å². The number of unbranched alkanes of at least 4 members (excludes halogenated alkanes) is 1. The highest BCUT2D eigenvalue weighted by molar-refractivity contribution is 6.26. The summed E-state index contributed by atoms with van der Waals surface area (Å²) in [5.74, 6) is -0.0452. The lowest BCUT2D eigenvalue weighted by Gasteiger charge is -2.18. The number of hydrogen-bond acceptors (Lipinski definition) is 4. The van der Waals surface area contributed by atoms with Crippen molar-refractivity contribution in [1.29, 1.82) is 0 Å². The molecule has 6 nitrogen and oxygen atoms in total. The van der Waals surface area contributed by atoms with E-state index in [1.54, 1.807) is 6.92 Å². The van der Waals surface area contributed by atoms with E-state index < -0.39 is 0 Å². The number of hydrogen-bond donors (Lipinski definition) is 0. The van der Waals surface area contributed by atoms with E-state index in [1.165, 1.54) is 17.2 Å². The van der Waals surface area contributed by atoms with Crippen molar-refractivity contribution in [1.82, 2.24) is 9.13 Å². The van der Waals surface area contributed by atoms with Gasteiger partial charge < -0.3 is 13.9 Å². The van der Waals surface area contributed by atoms with Crippen LogP contribution in [0, 0.1) is 5.92 Å². The van der Waals surface area contributed by atoms with E-state index in [2.05, 4.69) is 83.6 Å². The first-order valence-corrected chi connectivity index (χ1v) is 19.7. The number of aromatic nitrogens is 2. The molecule has 55 heavy (non-hydrogen) atoms. The predicted octanol–water partition coefficient (Wildman–Crippen LogP) is 12.0. The third-order valence-electron chi connectivity index (χ3n) is 11.2. The number of para-hydroxylation sites is 2. The molecule has 0 aliphatic carbocycles. The first-order valence-electron chi connectivity index (χ1n) is 19.7. The van der Waals surface area contributed by atoms with Gasteiger partial charge in [-0.1, -0.05) is 93.8 Å². The number of esters is 1. The molecular formula is C49H46N2O4. The summed E-state index contributed by atoms with van der Waals surface area (Å²) < 4.78 is 9.75. The largest absolute Gasteiger partial charge is 0.466 e. The zero-order valence-corrected chi connectivity index (χ0v) is 31.8. The van der Waals surface area contributed by atoms with E-state index in [9.17, 15) is 14.4 Å². The van der Waals surface area contributed by atoms with Crippen molar-refractivity contribution >= 4 is 71.9 Å². The van der Waals surface area contributed by atoms with Crippen LogP contribution in [0.2, 0.25) is 0 Å². The molecule has 0 aliphatic heterocycles. The van der Waals surface area contributed by atoms with E-state index in [4.69, 9.17) is 4.74 Å². The normalized spacial score (nSPS) is 12.3. The predicted molar refractivity (Wildman–Crippen MR) is 225 cm³/mol. The zero-order valence-electron chi connectivity index (χ0n) is 31.8. The number of carbonyl (C=O) groups excluding carboxylic acids is 3. The van der Waals surface area contributed by atoms with E-state index in [1.807, 2.05) is 60.7 Å². The van der Waals surface area contributed by atoms with Crippen molar-refractivity contribution < 1.29 is 19.1 Å². The smallest absolute Gasteiger partial charge is 0.306 e. The van der Waals surface area contributed by atoms with Crippen molar-refractivity contribution in [2.75, 3.05) is 6.61 Å². The highest BCUT2D eigenvalue weighted by atomic mass is 16.5. The third-order valence-corrected chi connectivity index (χ3v) is 11.2. The monoisotopic (exact) mass is 726 g/mol. The van der Waals surface area contributed by atoms with Gasteiger partial charge in [0, 0.05) is 67.8 Å². The molecule has 0 N–H and O–H groups in total. The zero-order chi connectivity index (χ0) is 38.1. The number of nitrogens with zero attached hydrogens (tertiary/aromatic N) is 2. The molecule has 8 aromatic rings. The van der Waals surface area contributed by atoms with Crippen LogP contribution in [0.1, 0.15) is 85.6 Å². The van der Waals surface area contributed by atoms with Crippen LogP contribution in [-0.2, 0) is 16.1 Å². The summed E-state index contributed by atoms with van der Waals surface area (Å²) in [6.45, 7) is 7.39. The van der Waals surface area contributed by atoms with Crippen LogP contribution in [0.5, 0.6) is 0 Å². The fourth-order valence-electron chi connectivity index (χ4n) is 8.40. The maximum atomic E-state index is 14.7. The summed E-state index contributed by atoms with van der Waals surface area (Å²) in [6, 6.07) is 40.9. The summed E-state index contributed by atoms with van der Waals surface area (Å²) in [7, 11) is 0. The highest BCUT2D eigenvalue weighted by Crippen LogP contribution is 2.39. The summed E-state index contributed by atoms with van der Waals surface area (Å²) in [5.41, 5.74) is 7.14. The minimum atomic E-state index is -0.371. The first-order chi connectivity index (χ1) is 26.9. The van der Waals surface area contributed by atoms with Gasteiger partial charge in [0.1, 0.15) is 0 Å². The minimum Gasteiger partial charge on any atom is -0.466 e. The molecule has 8 rings (SSSR count). The molecule has 1 unspecified atom stereocenters. The molecule has 2 aromatic heterocycles. The summed E-state index contributed by atoms with van der Waals surface area (Å²) in [5, 5.41) is 6.19. The summed E-state index contributed by atoms with van der Waals surface area (Å²) in [4.78, 5) is 40.2. The average Bonchev–Trinajstić information content (AvgIpc) is 3.73. The van der Waals surface area contributed by atoms with Gasteiger partial charge in [0.25, 0.3) is 0 Å². The minimum absolute atomic E-state index is 0.0426. The van der Waals surface area contributed by atoms with Gasteiger partial charge in [-0.15, -0.1) is 0 Å². The molecule has 0 fully saturated rings. The fourth-order valence-corrected chi connectivity index (χ4v) is 8.40. The Morgan fingerprint density at radius 2 is 1.25 bits per heavy atom. The molecule has 0 saturated carbocycles. The Balaban J connectivity index is 1.25. The Labute approximate surface area is 321 Å². The molecule has 0 saturated heterocycles. The lowest BCUT2D eigenvalue weighted by Crippen LogP contribution is -2.11. The van der Waals surface area contributed by atoms with Crippen molar-refractivity contribution in [2.45, 2.75) is 65.8 Å².